The SMILES string of the molecule is N#Cc1ccc(C(=O)N(CCC(=O)N2CCNCC2)C2CCCC2)cc1.O=C(O)C(F)(F)F. The predicted octanol–water partition coefficient (Wildman–Crippen LogP) is 2.40. The maximum absolute atomic E-state index is 13.0. The molecule has 1 aliphatic carbocycles. The van der Waals surface area contributed by atoms with Crippen molar-refractivity contribution in [2.24, 2.45) is 0 Å². The van der Waals surface area contributed by atoms with Gasteiger partial charge in [0.15, 0.2) is 0 Å². The van der Waals surface area contributed by atoms with Crippen LogP contribution in [-0.2, 0) is 9.59 Å². The minimum absolute atomic E-state index is 0.0329. The lowest BCUT2D eigenvalue weighted by Crippen LogP contribution is -2.48. The Bertz CT molecular complexity index is 856. The van der Waals surface area contributed by atoms with Crippen molar-refractivity contribution in [2.45, 2.75) is 44.3 Å². The molecule has 8 nitrogen and oxygen atoms in total. The number of aliphatic carboxylic acids is 1. The van der Waals surface area contributed by atoms with E-state index in [1.54, 1.807) is 24.3 Å². The van der Waals surface area contributed by atoms with Gasteiger partial charge in [-0.05, 0) is 37.1 Å². The fourth-order valence-corrected chi connectivity index (χ4v) is 3.81. The van der Waals surface area contributed by atoms with E-state index >= 15 is 0 Å². The average Bonchev–Trinajstić information content (AvgIpc) is 3.34. The lowest BCUT2D eigenvalue weighted by atomic mass is 10.1. The quantitative estimate of drug-likeness (QED) is 0.686. The molecule has 2 aliphatic rings. The number of halogens is 3. The minimum Gasteiger partial charge on any atom is -0.475 e. The molecule has 0 unspecified atom stereocenters. The first-order valence-corrected chi connectivity index (χ1v) is 10.7. The second kappa shape index (κ2) is 12.2. The number of carboxylic acid groups (broad SMARTS) is 1. The van der Waals surface area contributed by atoms with E-state index in [1.807, 2.05) is 9.80 Å². The van der Waals surface area contributed by atoms with Gasteiger partial charge in [-0.3, -0.25) is 9.59 Å². The summed E-state index contributed by atoms with van der Waals surface area (Å²) in [6.45, 7) is 3.62. The number of amides is 2. The molecule has 2 amide bonds. The number of rotatable bonds is 5. The number of benzene rings is 1. The summed E-state index contributed by atoms with van der Waals surface area (Å²) >= 11 is 0. The highest BCUT2D eigenvalue weighted by molar-refractivity contribution is 5.94. The Morgan fingerprint density at radius 1 is 1.12 bits per heavy atom. The predicted molar refractivity (Wildman–Crippen MR) is 112 cm³/mol. The summed E-state index contributed by atoms with van der Waals surface area (Å²) < 4.78 is 31.7. The molecule has 0 spiro atoms. The van der Waals surface area contributed by atoms with Crippen LogP contribution in [0.5, 0.6) is 0 Å². The number of hydrogen-bond acceptors (Lipinski definition) is 5. The topological polar surface area (TPSA) is 114 Å². The molecule has 11 heteroatoms. The second-order valence-electron chi connectivity index (χ2n) is 7.81. The summed E-state index contributed by atoms with van der Waals surface area (Å²) in [6.07, 6.45) is -0.437. The van der Waals surface area contributed by atoms with Crippen molar-refractivity contribution in [3.05, 3.63) is 35.4 Å². The zero-order chi connectivity index (χ0) is 24.4. The molecule has 1 saturated heterocycles. The number of nitriles is 1. The summed E-state index contributed by atoms with van der Waals surface area (Å²) in [5.74, 6) is -2.66. The molecule has 1 aromatic carbocycles. The van der Waals surface area contributed by atoms with E-state index < -0.39 is 12.1 Å². The van der Waals surface area contributed by atoms with E-state index in [4.69, 9.17) is 15.2 Å². The van der Waals surface area contributed by atoms with Crippen molar-refractivity contribution in [1.29, 1.82) is 5.26 Å². The van der Waals surface area contributed by atoms with Gasteiger partial charge in [0.1, 0.15) is 0 Å². The summed E-state index contributed by atoms with van der Waals surface area (Å²) in [4.78, 5) is 38.2. The third kappa shape index (κ3) is 8.05. The zero-order valence-corrected chi connectivity index (χ0v) is 18.1. The van der Waals surface area contributed by atoms with Gasteiger partial charge in [-0.1, -0.05) is 12.8 Å². The largest absolute Gasteiger partial charge is 0.490 e. The molecule has 2 fully saturated rings. The van der Waals surface area contributed by atoms with Gasteiger partial charge in [0.25, 0.3) is 5.91 Å². The normalized spacial score (nSPS) is 16.4. The highest BCUT2D eigenvalue weighted by Gasteiger charge is 2.38. The number of carbonyl (C=O) groups is 3. The number of hydrogen-bond donors (Lipinski definition) is 2. The molecular formula is C22H27F3N4O4. The fourth-order valence-electron chi connectivity index (χ4n) is 3.81. The first-order chi connectivity index (χ1) is 15.6. The first-order valence-electron chi connectivity index (χ1n) is 10.7. The fraction of sp³-hybridized carbons (Fsp3) is 0.545. The van der Waals surface area contributed by atoms with Gasteiger partial charge < -0.3 is 20.2 Å². The Morgan fingerprint density at radius 2 is 1.67 bits per heavy atom. The Hall–Kier alpha value is -3.13. The van der Waals surface area contributed by atoms with Crippen molar-refractivity contribution in [3.63, 3.8) is 0 Å². The van der Waals surface area contributed by atoms with Crippen LogP contribution < -0.4 is 5.32 Å². The third-order valence-corrected chi connectivity index (χ3v) is 5.57. The van der Waals surface area contributed by atoms with E-state index in [2.05, 4.69) is 11.4 Å². The van der Waals surface area contributed by atoms with Gasteiger partial charge in [-0.2, -0.15) is 18.4 Å². The van der Waals surface area contributed by atoms with Gasteiger partial charge in [-0.25, -0.2) is 4.79 Å². The van der Waals surface area contributed by atoms with Crippen LogP contribution in [-0.4, -0.2) is 77.6 Å². The zero-order valence-electron chi connectivity index (χ0n) is 18.1. The van der Waals surface area contributed by atoms with E-state index in [1.165, 1.54) is 0 Å². The average molecular weight is 468 g/mol. The Kier molecular flexibility index (Phi) is 9.66. The van der Waals surface area contributed by atoms with Gasteiger partial charge in [0.2, 0.25) is 5.91 Å². The van der Waals surface area contributed by atoms with Crippen LogP contribution >= 0.6 is 0 Å². The smallest absolute Gasteiger partial charge is 0.475 e. The van der Waals surface area contributed by atoms with Crippen LogP contribution in [0.2, 0.25) is 0 Å². The van der Waals surface area contributed by atoms with Crippen molar-refractivity contribution in [1.82, 2.24) is 15.1 Å². The molecule has 2 N–H and O–H groups in total. The molecule has 1 saturated carbocycles. The van der Waals surface area contributed by atoms with Crippen molar-refractivity contribution >= 4 is 17.8 Å². The number of nitrogens with one attached hydrogen (secondary N) is 1. The lowest BCUT2D eigenvalue weighted by Gasteiger charge is -2.31. The molecule has 0 bridgehead atoms. The van der Waals surface area contributed by atoms with E-state index in [-0.39, 0.29) is 17.9 Å². The van der Waals surface area contributed by atoms with E-state index in [0.29, 0.717) is 24.1 Å². The van der Waals surface area contributed by atoms with Gasteiger partial charge in [0.05, 0.1) is 11.6 Å². The van der Waals surface area contributed by atoms with Gasteiger partial charge in [-0.15, -0.1) is 0 Å². The monoisotopic (exact) mass is 468 g/mol. The highest BCUT2D eigenvalue weighted by Crippen LogP contribution is 2.25. The molecule has 1 aromatic rings. The third-order valence-electron chi connectivity index (χ3n) is 5.57. The summed E-state index contributed by atoms with van der Waals surface area (Å²) in [5, 5.41) is 19.3. The minimum atomic E-state index is -5.08. The van der Waals surface area contributed by atoms with Crippen molar-refractivity contribution in [2.75, 3.05) is 32.7 Å². The number of carbonyl (C=O) groups excluding carboxylic acids is 2. The number of nitrogens with zero attached hydrogens (tertiary/aromatic N) is 3. The molecule has 3 rings (SSSR count). The number of carboxylic acids is 1. The summed E-state index contributed by atoms with van der Waals surface area (Å²) in [6, 6.07) is 9.05. The second-order valence-corrected chi connectivity index (χ2v) is 7.81. The number of alkyl halides is 3. The van der Waals surface area contributed by atoms with Gasteiger partial charge >= 0.3 is 12.1 Å². The Morgan fingerprint density at radius 3 is 2.15 bits per heavy atom. The molecule has 1 aliphatic heterocycles. The molecular weight excluding hydrogens is 441 g/mol. The van der Waals surface area contributed by atoms with Crippen LogP contribution in [0.15, 0.2) is 24.3 Å². The van der Waals surface area contributed by atoms with E-state index in [9.17, 15) is 22.8 Å². The Labute approximate surface area is 190 Å². The van der Waals surface area contributed by atoms with Crippen LogP contribution in [0.3, 0.4) is 0 Å². The molecule has 0 atom stereocenters. The molecule has 0 aromatic heterocycles. The molecule has 33 heavy (non-hydrogen) atoms. The maximum Gasteiger partial charge on any atom is 0.490 e. The molecule has 0 radical (unpaired) electrons. The lowest BCUT2D eigenvalue weighted by molar-refractivity contribution is -0.192. The number of piperazine rings is 1. The van der Waals surface area contributed by atoms with Crippen LogP contribution in [0.25, 0.3) is 0 Å². The van der Waals surface area contributed by atoms with Gasteiger partial charge in [0, 0.05) is 50.7 Å². The van der Waals surface area contributed by atoms with Crippen molar-refractivity contribution < 1.29 is 32.7 Å². The molecule has 1 heterocycles. The first kappa shape index (κ1) is 26.1. The Balaban J connectivity index is 0.000000479. The summed E-state index contributed by atoms with van der Waals surface area (Å²) in [5.41, 5.74) is 1.13. The van der Waals surface area contributed by atoms with Crippen LogP contribution in [0.4, 0.5) is 13.2 Å². The molecule has 180 valence electrons. The summed E-state index contributed by atoms with van der Waals surface area (Å²) in [7, 11) is 0. The maximum atomic E-state index is 13.0. The van der Waals surface area contributed by atoms with Crippen LogP contribution in [0, 0.1) is 11.3 Å². The van der Waals surface area contributed by atoms with Crippen molar-refractivity contribution in [3.8, 4) is 6.07 Å². The standard InChI is InChI=1S/C20H26N4O2.C2HF3O2/c21-15-16-5-7-17(8-6-16)20(26)24(18-3-1-2-4-18)12-9-19(25)23-13-10-22-11-14-23;3-2(4,5)1(6)7/h5-8,18,22H,1-4,9-14H2;(H,6,7). The van der Waals surface area contributed by atoms with Crippen LogP contribution in [0.1, 0.15) is 48.0 Å². The van der Waals surface area contributed by atoms with E-state index in [0.717, 1.165) is 51.9 Å². The highest BCUT2D eigenvalue weighted by atomic mass is 19.4.